The largest absolute Gasteiger partial charge is 0.396 e. The number of azide groups is 1. The van der Waals surface area contributed by atoms with Crippen LogP contribution in [-0.2, 0) is 0 Å². The maximum Gasteiger partial charge on any atom is 0.0647 e. The van der Waals surface area contributed by atoms with Crippen molar-refractivity contribution in [3.05, 3.63) is 45.3 Å². The fourth-order valence-electron chi connectivity index (χ4n) is 1.16. The third kappa shape index (κ3) is 2.92. The first-order chi connectivity index (χ1) is 6.77. The molecule has 74 valence electrons. The van der Waals surface area contributed by atoms with E-state index >= 15 is 0 Å². The van der Waals surface area contributed by atoms with E-state index in [1.54, 1.807) is 24.3 Å². The average molecular weight is 212 g/mol. The second-order valence-corrected chi connectivity index (χ2v) is 3.22. The highest BCUT2D eigenvalue weighted by molar-refractivity contribution is 6.30. The zero-order valence-corrected chi connectivity index (χ0v) is 8.22. The summed E-state index contributed by atoms with van der Waals surface area (Å²) in [4.78, 5) is 2.73. The monoisotopic (exact) mass is 211 g/mol. The Hall–Kier alpha value is -1.22. The quantitative estimate of drug-likeness (QED) is 0.464. The van der Waals surface area contributed by atoms with Gasteiger partial charge in [0.25, 0.3) is 0 Å². The minimum Gasteiger partial charge on any atom is -0.396 e. The van der Waals surface area contributed by atoms with Crippen LogP contribution in [0.1, 0.15) is 18.0 Å². The summed E-state index contributed by atoms with van der Waals surface area (Å²) in [6.07, 6.45) is 0.422. The van der Waals surface area contributed by atoms with Crippen molar-refractivity contribution in [2.24, 2.45) is 5.11 Å². The van der Waals surface area contributed by atoms with Gasteiger partial charge in [-0.1, -0.05) is 28.8 Å². The SMILES string of the molecule is [N-]=[N+]=NC(CCO)c1ccc(Cl)cc1. The zero-order valence-electron chi connectivity index (χ0n) is 7.47. The number of benzene rings is 1. The normalized spacial score (nSPS) is 11.9. The van der Waals surface area contributed by atoms with E-state index < -0.39 is 0 Å². The predicted molar refractivity (Wildman–Crippen MR) is 55.0 cm³/mol. The number of nitrogens with zero attached hydrogens (tertiary/aromatic N) is 3. The molecule has 0 aliphatic carbocycles. The van der Waals surface area contributed by atoms with Crippen LogP contribution < -0.4 is 0 Å². The molecule has 1 atom stereocenters. The molecule has 5 heteroatoms. The smallest absolute Gasteiger partial charge is 0.0647 e. The zero-order chi connectivity index (χ0) is 10.4. The Labute approximate surface area is 86.8 Å². The third-order valence-corrected chi connectivity index (χ3v) is 2.10. The van der Waals surface area contributed by atoms with Gasteiger partial charge in [-0.3, -0.25) is 0 Å². The van der Waals surface area contributed by atoms with Crippen molar-refractivity contribution in [3.8, 4) is 0 Å². The molecular weight excluding hydrogens is 202 g/mol. The first kappa shape index (κ1) is 10.9. The second-order valence-electron chi connectivity index (χ2n) is 2.78. The molecule has 1 aromatic rings. The lowest BCUT2D eigenvalue weighted by molar-refractivity contribution is 0.276. The average Bonchev–Trinajstić information content (AvgIpc) is 2.19. The van der Waals surface area contributed by atoms with E-state index in [9.17, 15) is 0 Å². The van der Waals surface area contributed by atoms with Gasteiger partial charge >= 0.3 is 0 Å². The first-order valence-electron chi connectivity index (χ1n) is 4.18. The molecule has 0 heterocycles. The summed E-state index contributed by atoms with van der Waals surface area (Å²) in [5.74, 6) is 0. The van der Waals surface area contributed by atoms with Crippen LogP contribution >= 0.6 is 11.6 Å². The Morgan fingerprint density at radius 3 is 2.57 bits per heavy atom. The number of hydrogen-bond acceptors (Lipinski definition) is 2. The summed E-state index contributed by atoms with van der Waals surface area (Å²) >= 11 is 5.72. The fraction of sp³-hybridized carbons (Fsp3) is 0.333. The number of aliphatic hydroxyl groups is 1. The van der Waals surface area contributed by atoms with Gasteiger partial charge in [0, 0.05) is 16.5 Å². The summed E-state index contributed by atoms with van der Waals surface area (Å²) in [5.41, 5.74) is 9.19. The van der Waals surface area contributed by atoms with Gasteiger partial charge in [-0.2, -0.15) is 0 Å². The molecule has 1 aromatic carbocycles. The maximum atomic E-state index is 8.77. The number of rotatable bonds is 4. The van der Waals surface area contributed by atoms with E-state index in [1.165, 1.54) is 0 Å². The van der Waals surface area contributed by atoms with Crippen molar-refractivity contribution in [1.82, 2.24) is 0 Å². The van der Waals surface area contributed by atoms with Crippen molar-refractivity contribution in [2.75, 3.05) is 6.61 Å². The predicted octanol–water partition coefficient (Wildman–Crippen LogP) is 3.07. The van der Waals surface area contributed by atoms with Gasteiger partial charge in [-0.05, 0) is 29.6 Å². The van der Waals surface area contributed by atoms with Crippen LogP contribution in [0.3, 0.4) is 0 Å². The number of aliphatic hydroxyl groups excluding tert-OH is 1. The van der Waals surface area contributed by atoms with E-state index in [0.717, 1.165) is 5.56 Å². The molecule has 0 spiro atoms. The molecule has 0 aromatic heterocycles. The van der Waals surface area contributed by atoms with Gasteiger partial charge in [0.15, 0.2) is 0 Å². The lowest BCUT2D eigenvalue weighted by Gasteiger charge is -2.09. The van der Waals surface area contributed by atoms with Gasteiger partial charge in [0.2, 0.25) is 0 Å². The molecule has 0 amide bonds. The van der Waals surface area contributed by atoms with Gasteiger partial charge in [0.1, 0.15) is 0 Å². The molecule has 0 aliphatic heterocycles. The summed E-state index contributed by atoms with van der Waals surface area (Å²) in [5, 5.41) is 13.0. The number of hydrogen-bond donors (Lipinski definition) is 1. The number of halogens is 1. The maximum absolute atomic E-state index is 8.77. The van der Waals surface area contributed by atoms with Crippen molar-refractivity contribution in [1.29, 1.82) is 0 Å². The van der Waals surface area contributed by atoms with E-state index in [-0.39, 0.29) is 12.6 Å². The lowest BCUT2D eigenvalue weighted by atomic mass is 10.1. The van der Waals surface area contributed by atoms with Gasteiger partial charge in [0.05, 0.1) is 6.04 Å². The highest BCUT2D eigenvalue weighted by atomic mass is 35.5. The van der Waals surface area contributed by atoms with Crippen LogP contribution in [0.4, 0.5) is 0 Å². The molecule has 0 radical (unpaired) electrons. The minimum atomic E-state index is -0.317. The summed E-state index contributed by atoms with van der Waals surface area (Å²) in [6, 6.07) is 6.72. The molecule has 0 aliphatic rings. The van der Waals surface area contributed by atoms with Crippen molar-refractivity contribution in [2.45, 2.75) is 12.5 Å². The van der Waals surface area contributed by atoms with Crippen LogP contribution in [0.5, 0.6) is 0 Å². The molecule has 1 unspecified atom stereocenters. The summed E-state index contributed by atoms with van der Waals surface area (Å²) < 4.78 is 0. The molecule has 1 rings (SSSR count). The molecule has 0 saturated heterocycles. The topological polar surface area (TPSA) is 69.0 Å². The Morgan fingerprint density at radius 2 is 2.07 bits per heavy atom. The second kappa shape index (κ2) is 5.50. The van der Waals surface area contributed by atoms with Crippen molar-refractivity contribution < 1.29 is 5.11 Å². The molecular formula is C9H10ClN3O. The van der Waals surface area contributed by atoms with Crippen molar-refractivity contribution >= 4 is 11.6 Å². The van der Waals surface area contributed by atoms with Gasteiger partial charge in [-0.15, -0.1) is 0 Å². The molecule has 14 heavy (non-hydrogen) atoms. The third-order valence-electron chi connectivity index (χ3n) is 1.85. The first-order valence-corrected chi connectivity index (χ1v) is 4.56. The van der Waals surface area contributed by atoms with Crippen LogP contribution in [0.15, 0.2) is 29.4 Å². The standard InChI is InChI=1S/C9H10ClN3O/c10-8-3-1-7(2-4-8)9(5-6-14)12-13-11/h1-4,9,14H,5-6H2. The van der Waals surface area contributed by atoms with E-state index in [1.807, 2.05) is 0 Å². The van der Waals surface area contributed by atoms with E-state index in [0.29, 0.717) is 11.4 Å². The van der Waals surface area contributed by atoms with Crippen LogP contribution in [-0.4, -0.2) is 11.7 Å². The molecule has 0 saturated carbocycles. The van der Waals surface area contributed by atoms with Crippen molar-refractivity contribution in [3.63, 3.8) is 0 Å². The highest BCUT2D eigenvalue weighted by Gasteiger charge is 2.07. The van der Waals surface area contributed by atoms with E-state index in [2.05, 4.69) is 10.0 Å². The Kier molecular flexibility index (Phi) is 4.26. The fourth-order valence-corrected chi connectivity index (χ4v) is 1.29. The molecule has 1 N–H and O–H groups in total. The molecule has 0 fully saturated rings. The van der Waals surface area contributed by atoms with Crippen LogP contribution in [0.2, 0.25) is 5.02 Å². The molecule has 0 bridgehead atoms. The van der Waals surface area contributed by atoms with E-state index in [4.69, 9.17) is 22.2 Å². The lowest BCUT2D eigenvalue weighted by Crippen LogP contribution is -1.97. The van der Waals surface area contributed by atoms with Gasteiger partial charge < -0.3 is 5.11 Å². The summed E-state index contributed by atoms with van der Waals surface area (Å²) in [6.45, 7) is -0.00763. The Morgan fingerprint density at radius 1 is 1.43 bits per heavy atom. The summed E-state index contributed by atoms with van der Waals surface area (Å²) in [7, 11) is 0. The molecule has 4 nitrogen and oxygen atoms in total. The highest BCUT2D eigenvalue weighted by Crippen LogP contribution is 2.22. The van der Waals surface area contributed by atoms with Crippen LogP contribution in [0.25, 0.3) is 10.4 Å². The van der Waals surface area contributed by atoms with Gasteiger partial charge in [-0.25, -0.2) is 0 Å². The Bertz CT molecular complexity index is 332. The Balaban J connectivity index is 2.87. The van der Waals surface area contributed by atoms with Crippen LogP contribution in [0, 0.1) is 0 Å². The minimum absolute atomic E-state index is 0.00763.